The summed E-state index contributed by atoms with van der Waals surface area (Å²) >= 11 is 3.47. The van der Waals surface area contributed by atoms with Crippen molar-refractivity contribution < 1.29 is 4.79 Å². The molecule has 1 aliphatic rings. The van der Waals surface area contributed by atoms with E-state index in [1.54, 1.807) is 4.68 Å². The first-order valence-corrected chi connectivity index (χ1v) is 8.00. The highest BCUT2D eigenvalue weighted by Gasteiger charge is 2.25. The summed E-state index contributed by atoms with van der Waals surface area (Å²) in [5, 5.41) is 14.4. The van der Waals surface area contributed by atoms with Crippen molar-refractivity contribution in [2.45, 2.75) is 39.0 Å². The number of anilines is 1. The summed E-state index contributed by atoms with van der Waals surface area (Å²) in [4.78, 5) is 12.6. The highest BCUT2D eigenvalue weighted by atomic mass is 79.9. The zero-order valence-corrected chi connectivity index (χ0v) is 13.7. The molecule has 0 fully saturated rings. The third-order valence-corrected chi connectivity index (χ3v) is 4.75. The average Bonchev–Trinajstić information content (AvgIpc) is 2.98. The third-order valence-electron chi connectivity index (χ3n) is 3.89. The topological polar surface area (TPSA) is 75.6 Å². The first-order chi connectivity index (χ1) is 10.1. The lowest BCUT2D eigenvalue weighted by Gasteiger charge is -2.11. The number of fused-ring (bicyclic) bond motifs is 1. The molecule has 3 rings (SSSR count). The summed E-state index contributed by atoms with van der Waals surface area (Å²) in [6.45, 7) is 2.03. The molecule has 0 saturated carbocycles. The van der Waals surface area contributed by atoms with Gasteiger partial charge < -0.3 is 5.32 Å². The van der Waals surface area contributed by atoms with Crippen molar-refractivity contribution in [3.05, 3.63) is 27.1 Å². The van der Waals surface area contributed by atoms with Crippen molar-refractivity contribution in [1.29, 1.82) is 0 Å². The standard InChI is InChI=1S/C14H18BrN5O/c1-3-9-11(15)13(18-17-9)16-14(21)12-8-6-4-5-7-10(8)19-20(12)2/h3-7H2,1-2H3,(H2,16,17,18,21). The quantitative estimate of drug-likeness (QED) is 0.892. The zero-order chi connectivity index (χ0) is 15.0. The number of hydrogen-bond acceptors (Lipinski definition) is 3. The molecule has 112 valence electrons. The molecule has 1 amide bonds. The van der Waals surface area contributed by atoms with Crippen LogP contribution in [0.15, 0.2) is 4.47 Å². The molecule has 21 heavy (non-hydrogen) atoms. The van der Waals surface area contributed by atoms with Crippen molar-refractivity contribution in [2.24, 2.45) is 7.05 Å². The summed E-state index contributed by atoms with van der Waals surface area (Å²) in [5.74, 6) is 0.380. The van der Waals surface area contributed by atoms with Crippen molar-refractivity contribution >= 4 is 27.7 Å². The fourth-order valence-corrected chi connectivity index (χ4v) is 3.37. The maximum absolute atomic E-state index is 12.6. The monoisotopic (exact) mass is 351 g/mol. The van der Waals surface area contributed by atoms with Gasteiger partial charge in [0.15, 0.2) is 5.82 Å². The second-order valence-electron chi connectivity index (χ2n) is 5.28. The van der Waals surface area contributed by atoms with Gasteiger partial charge in [-0.25, -0.2) is 0 Å². The Kier molecular flexibility index (Phi) is 3.84. The smallest absolute Gasteiger partial charge is 0.275 e. The number of halogens is 1. The number of aromatic nitrogens is 4. The number of amides is 1. The summed E-state index contributed by atoms with van der Waals surface area (Å²) in [6.07, 6.45) is 4.97. The maximum atomic E-state index is 12.6. The molecule has 0 atom stereocenters. The molecule has 0 spiro atoms. The lowest BCUT2D eigenvalue weighted by Crippen LogP contribution is -2.19. The van der Waals surface area contributed by atoms with Crippen molar-refractivity contribution in [2.75, 3.05) is 5.32 Å². The number of aryl methyl sites for hydroxylation is 3. The van der Waals surface area contributed by atoms with Crippen LogP contribution in [-0.4, -0.2) is 25.9 Å². The van der Waals surface area contributed by atoms with Crippen LogP contribution in [0.2, 0.25) is 0 Å². The molecule has 0 radical (unpaired) electrons. The van der Waals surface area contributed by atoms with Crippen LogP contribution in [0.3, 0.4) is 0 Å². The molecular weight excluding hydrogens is 334 g/mol. The van der Waals surface area contributed by atoms with Crippen LogP contribution in [0.25, 0.3) is 0 Å². The number of carbonyl (C=O) groups excluding carboxylic acids is 1. The van der Waals surface area contributed by atoms with Gasteiger partial charge in [-0.05, 0) is 48.0 Å². The maximum Gasteiger partial charge on any atom is 0.275 e. The van der Waals surface area contributed by atoms with Gasteiger partial charge in [0.25, 0.3) is 5.91 Å². The van der Waals surface area contributed by atoms with Gasteiger partial charge in [0.1, 0.15) is 5.69 Å². The van der Waals surface area contributed by atoms with Crippen molar-refractivity contribution in [3.63, 3.8) is 0 Å². The first-order valence-electron chi connectivity index (χ1n) is 7.20. The van der Waals surface area contributed by atoms with E-state index in [4.69, 9.17) is 0 Å². The van der Waals surface area contributed by atoms with E-state index in [9.17, 15) is 4.79 Å². The number of aromatic amines is 1. The molecule has 2 aromatic rings. The van der Waals surface area contributed by atoms with Crippen LogP contribution >= 0.6 is 15.9 Å². The summed E-state index contributed by atoms with van der Waals surface area (Å²) in [5.41, 5.74) is 3.77. The summed E-state index contributed by atoms with van der Waals surface area (Å²) < 4.78 is 2.50. The van der Waals surface area contributed by atoms with Gasteiger partial charge in [-0.3, -0.25) is 14.6 Å². The number of nitrogens with zero attached hydrogens (tertiary/aromatic N) is 3. The Balaban J connectivity index is 1.89. The molecule has 2 aromatic heterocycles. The third kappa shape index (κ3) is 2.50. The molecule has 0 saturated heterocycles. The number of H-pyrrole nitrogens is 1. The molecular formula is C14H18BrN5O. The average molecular weight is 352 g/mol. The van der Waals surface area contributed by atoms with Crippen LogP contribution in [0.1, 0.15) is 47.2 Å². The zero-order valence-electron chi connectivity index (χ0n) is 12.2. The predicted octanol–water partition coefficient (Wildman–Crippen LogP) is 2.60. The Morgan fingerprint density at radius 2 is 2.19 bits per heavy atom. The van der Waals surface area contributed by atoms with Gasteiger partial charge in [0.2, 0.25) is 0 Å². The molecule has 0 aliphatic heterocycles. The number of nitrogens with one attached hydrogen (secondary N) is 2. The Morgan fingerprint density at radius 3 is 2.90 bits per heavy atom. The van der Waals surface area contributed by atoms with Crippen LogP contribution in [0.5, 0.6) is 0 Å². The van der Waals surface area contributed by atoms with Crippen LogP contribution in [0, 0.1) is 0 Å². The Labute approximate surface area is 131 Å². The van der Waals surface area contributed by atoms with Crippen LogP contribution in [0.4, 0.5) is 5.82 Å². The Morgan fingerprint density at radius 1 is 1.43 bits per heavy atom. The van der Waals surface area contributed by atoms with Gasteiger partial charge in [-0.15, -0.1) is 0 Å². The lowest BCUT2D eigenvalue weighted by molar-refractivity contribution is 0.101. The highest BCUT2D eigenvalue weighted by molar-refractivity contribution is 9.10. The van der Waals surface area contributed by atoms with Gasteiger partial charge in [-0.2, -0.15) is 10.2 Å². The second-order valence-corrected chi connectivity index (χ2v) is 6.07. The normalized spacial score (nSPS) is 14.0. The minimum atomic E-state index is -0.150. The first kappa shape index (κ1) is 14.3. The summed E-state index contributed by atoms with van der Waals surface area (Å²) in [7, 11) is 1.82. The fraction of sp³-hybridized carbons (Fsp3) is 0.500. The molecule has 6 nitrogen and oxygen atoms in total. The molecule has 2 heterocycles. The minimum absolute atomic E-state index is 0.150. The van der Waals surface area contributed by atoms with E-state index < -0.39 is 0 Å². The van der Waals surface area contributed by atoms with Crippen LogP contribution in [-0.2, 0) is 26.3 Å². The number of hydrogen-bond donors (Lipinski definition) is 2. The Bertz CT molecular complexity index is 688. The summed E-state index contributed by atoms with van der Waals surface area (Å²) in [6, 6.07) is 0. The molecule has 1 aliphatic carbocycles. The van der Waals surface area contributed by atoms with E-state index >= 15 is 0 Å². The van der Waals surface area contributed by atoms with E-state index in [0.717, 1.165) is 53.5 Å². The second kappa shape index (κ2) is 5.63. The van der Waals surface area contributed by atoms with E-state index in [1.807, 2.05) is 14.0 Å². The van der Waals surface area contributed by atoms with E-state index in [2.05, 4.69) is 36.5 Å². The molecule has 0 aromatic carbocycles. The molecule has 0 unspecified atom stereocenters. The van der Waals surface area contributed by atoms with Crippen LogP contribution < -0.4 is 5.32 Å². The molecule has 7 heteroatoms. The van der Waals surface area contributed by atoms with Gasteiger partial charge >= 0.3 is 0 Å². The number of carbonyl (C=O) groups is 1. The minimum Gasteiger partial charge on any atom is -0.303 e. The fourth-order valence-electron chi connectivity index (χ4n) is 2.81. The molecule has 0 bridgehead atoms. The Hall–Kier alpha value is -1.63. The highest BCUT2D eigenvalue weighted by Crippen LogP contribution is 2.27. The van der Waals surface area contributed by atoms with E-state index in [-0.39, 0.29) is 5.91 Å². The van der Waals surface area contributed by atoms with E-state index in [0.29, 0.717) is 11.5 Å². The van der Waals surface area contributed by atoms with Gasteiger partial charge in [0.05, 0.1) is 15.9 Å². The molecule has 2 N–H and O–H groups in total. The number of rotatable bonds is 3. The van der Waals surface area contributed by atoms with E-state index in [1.165, 1.54) is 0 Å². The largest absolute Gasteiger partial charge is 0.303 e. The predicted molar refractivity (Wildman–Crippen MR) is 83.5 cm³/mol. The van der Waals surface area contributed by atoms with Crippen molar-refractivity contribution in [1.82, 2.24) is 20.0 Å². The van der Waals surface area contributed by atoms with Gasteiger partial charge in [-0.1, -0.05) is 6.92 Å². The lowest BCUT2D eigenvalue weighted by atomic mass is 9.95. The SMILES string of the molecule is CCc1[nH]nc(NC(=O)c2c3c(nn2C)CCCC3)c1Br. The van der Waals surface area contributed by atoms with Gasteiger partial charge in [0, 0.05) is 12.6 Å². The van der Waals surface area contributed by atoms with Crippen molar-refractivity contribution in [3.8, 4) is 0 Å².